The molecule has 1 aromatic heterocycles. The molecule has 16 heavy (non-hydrogen) atoms. The van der Waals surface area contributed by atoms with Crippen LogP contribution < -0.4 is 5.32 Å². The van der Waals surface area contributed by atoms with Gasteiger partial charge >= 0.3 is 6.18 Å². The van der Waals surface area contributed by atoms with Crippen molar-refractivity contribution in [1.29, 1.82) is 0 Å². The maximum absolute atomic E-state index is 12.1. The monoisotopic (exact) mass is 235 g/mol. The van der Waals surface area contributed by atoms with Gasteiger partial charge in [0.2, 0.25) is 0 Å². The molecule has 0 saturated heterocycles. The van der Waals surface area contributed by atoms with Crippen molar-refractivity contribution in [3.63, 3.8) is 0 Å². The lowest BCUT2D eigenvalue weighted by Gasteiger charge is -2.15. The SMILES string of the molecule is Cc1cc(CNC(C)CC(F)(F)F)n(C)n1. The van der Waals surface area contributed by atoms with E-state index in [0.29, 0.717) is 6.54 Å². The van der Waals surface area contributed by atoms with Gasteiger partial charge in [-0.05, 0) is 19.9 Å². The summed E-state index contributed by atoms with van der Waals surface area (Å²) in [6.07, 6.45) is -4.93. The van der Waals surface area contributed by atoms with E-state index in [-0.39, 0.29) is 0 Å². The second kappa shape index (κ2) is 4.86. The van der Waals surface area contributed by atoms with Gasteiger partial charge in [-0.25, -0.2) is 0 Å². The number of halogens is 3. The molecule has 0 aliphatic rings. The van der Waals surface area contributed by atoms with Crippen LogP contribution in [0.25, 0.3) is 0 Å². The van der Waals surface area contributed by atoms with Crippen LogP contribution in [-0.4, -0.2) is 22.0 Å². The molecule has 0 aromatic carbocycles. The lowest BCUT2D eigenvalue weighted by molar-refractivity contribution is -0.139. The molecule has 1 heterocycles. The number of aromatic nitrogens is 2. The zero-order chi connectivity index (χ0) is 12.3. The highest BCUT2D eigenvalue weighted by Crippen LogP contribution is 2.21. The summed E-state index contributed by atoms with van der Waals surface area (Å²) in [6, 6.07) is 1.27. The first kappa shape index (κ1) is 13.0. The van der Waals surface area contributed by atoms with Crippen molar-refractivity contribution in [2.45, 2.75) is 39.0 Å². The molecule has 0 saturated carbocycles. The van der Waals surface area contributed by atoms with Crippen molar-refractivity contribution in [2.24, 2.45) is 7.05 Å². The Morgan fingerprint density at radius 2 is 2.12 bits per heavy atom. The summed E-state index contributed by atoms with van der Waals surface area (Å²) in [5.74, 6) is 0. The highest BCUT2D eigenvalue weighted by molar-refractivity contribution is 5.08. The Kier molecular flexibility index (Phi) is 3.96. The van der Waals surface area contributed by atoms with Gasteiger partial charge in [0.1, 0.15) is 0 Å². The zero-order valence-corrected chi connectivity index (χ0v) is 9.60. The van der Waals surface area contributed by atoms with Gasteiger partial charge in [-0.2, -0.15) is 18.3 Å². The average Bonchev–Trinajstić information content (AvgIpc) is 2.38. The van der Waals surface area contributed by atoms with Gasteiger partial charge in [-0.3, -0.25) is 4.68 Å². The van der Waals surface area contributed by atoms with Crippen LogP contribution in [0.15, 0.2) is 6.07 Å². The van der Waals surface area contributed by atoms with Gasteiger partial charge in [0.05, 0.1) is 17.8 Å². The molecule has 92 valence electrons. The lowest BCUT2D eigenvalue weighted by Crippen LogP contribution is -2.31. The van der Waals surface area contributed by atoms with Gasteiger partial charge in [0, 0.05) is 19.6 Å². The largest absolute Gasteiger partial charge is 0.390 e. The van der Waals surface area contributed by atoms with E-state index in [2.05, 4.69) is 10.4 Å². The predicted molar refractivity (Wildman–Crippen MR) is 54.9 cm³/mol. The second-order valence-corrected chi connectivity index (χ2v) is 4.00. The van der Waals surface area contributed by atoms with E-state index in [1.54, 1.807) is 11.7 Å². The molecule has 1 N–H and O–H groups in total. The molecule has 0 radical (unpaired) electrons. The first-order valence-corrected chi connectivity index (χ1v) is 5.07. The standard InChI is InChI=1S/C10H16F3N3/c1-7-4-9(16(3)15-7)6-14-8(2)5-10(11,12)13/h4,8,14H,5-6H2,1-3H3. The molecule has 0 aliphatic carbocycles. The third-order valence-electron chi connectivity index (χ3n) is 2.27. The molecule has 1 rings (SSSR count). The number of hydrogen-bond donors (Lipinski definition) is 1. The lowest BCUT2D eigenvalue weighted by atomic mass is 10.2. The van der Waals surface area contributed by atoms with Gasteiger partial charge < -0.3 is 5.32 Å². The molecule has 0 bridgehead atoms. The number of nitrogens with zero attached hydrogens (tertiary/aromatic N) is 2. The Labute approximate surface area is 92.6 Å². The Balaban J connectivity index is 2.43. The highest BCUT2D eigenvalue weighted by atomic mass is 19.4. The number of alkyl halides is 3. The van der Waals surface area contributed by atoms with Crippen molar-refractivity contribution >= 4 is 0 Å². The Morgan fingerprint density at radius 3 is 2.56 bits per heavy atom. The Hall–Kier alpha value is -1.04. The zero-order valence-electron chi connectivity index (χ0n) is 9.60. The van der Waals surface area contributed by atoms with Crippen LogP contribution in [0, 0.1) is 6.92 Å². The maximum atomic E-state index is 12.1. The van der Waals surface area contributed by atoms with Crippen LogP contribution in [0.5, 0.6) is 0 Å². The first-order chi connectivity index (χ1) is 7.28. The minimum atomic E-state index is -4.12. The van der Waals surface area contributed by atoms with Gasteiger partial charge in [-0.15, -0.1) is 0 Å². The average molecular weight is 235 g/mol. The highest BCUT2D eigenvalue weighted by Gasteiger charge is 2.29. The molecule has 0 amide bonds. The minimum Gasteiger partial charge on any atom is -0.308 e. The first-order valence-electron chi connectivity index (χ1n) is 5.07. The van der Waals surface area contributed by atoms with Gasteiger partial charge in [-0.1, -0.05) is 0 Å². The smallest absolute Gasteiger partial charge is 0.308 e. The van der Waals surface area contributed by atoms with E-state index in [1.165, 1.54) is 6.92 Å². The molecule has 3 nitrogen and oxygen atoms in total. The van der Waals surface area contributed by atoms with Crippen LogP contribution in [0.2, 0.25) is 0 Å². The fourth-order valence-electron chi connectivity index (χ4n) is 1.53. The van der Waals surface area contributed by atoms with E-state index in [4.69, 9.17) is 0 Å². The van der Waals surface area contributed by atoms with E-state index in [9.17, 15) is 13.2 Å². The maximum Gasteiger partial charge on any atom is 0.390 e. The Bertz CT molecular complexity index is 344. The molecule has 1 aromatic rings. The fraction of sp³-hybridized carbons (Fsp3) is 0.700. The van der Waals surface area contributed by atoms with E-state index < -0.39 is 18.6 Å². The quantitative estimate of drug-likeness (QED) is 0.866. The summed E-state index contributed by atoms with van der Waals surface area (Å²) < 4.78 is 37.8. The third-order valence-corrected chi connectivity index (χ3v) is 2.27. The van der Waals surface area contributed by atoms with Crippen LogP contribution in [0.3, 0.4) is 0 Å². The van der Waals surface area contributed by atoms with Gasteiger partial charge in [0.15, 0.2) is 0 Å². The van der Waals surface area contributed by atoms with Crippen molar-refractivity contribution in [3.8, 4) is 0 Å². The Morgan fingerprint density at radius 1 is 1.50 bits per heavy atom. The number of rotatable bonds is 4. The molecule has 1 unspecified atom stereocenters. The van der Waals surface area contributed by atoms with Crippen molar-refractivity contribution in [1.82, 2.24) is 15.1 Å². The summed E-state index contributed by atoms with van der Waals surface area (Å²) in [5, 5.41) is 6.95. The second-order valence-electron chi connectivity index (χ2n) is 4.00. The van der Waals surface area contributed by atoms with Crippen LogP contribution >= 0.6 is 0 Å². The van der Waals surface area contributed by atoms with Crippen LogP contribution in [0.1, 0.15) is 24.7 Å². The van der Waals surface area contributed by atoms with Crippen molar-refractivity contribution in [2.75, 3.05) is 0 Å². The summed E-state index contributed by atoms with van der Waals surface area (Å²) in [7, 11) is 1.78. The molecule has 6 heteroatoms. The van der Waals surface area contributed by atoms with E-state index >= 15 is 0 Å². The van der Waals surface area contributed by atoms with Crippen LogP contribution in [-0.2, 0) is 13.6 Å². The predicted octanol–water partition coefficient (Wildman–Crippen LogP) is 2.16. The van der Waals surface area contributed by atoms with E-state index in [1.807, 2.05) is 13.0 Å². The van der Waals surface area contributed by atoms with Crippen LogP contribution in [0.4, 0.5) is 13.2 Å². The number of hydrogen-bond acceptors (Lipinski definition) is 2. The van der Waals surface area contributed by atoms with Crippen molar-refractivity contribution < 1.29 is 13.2 Å². The molecule has 1 atom stereocenters. The molecular formula is C10H16F3N3. The van der Waals surface area contributed by atoms with Crippen molar-refractivity contribution in [3.05, 3.63) is 17.5 Å². The molecule has 0 aliphatic heterocycles. The third kappa shape index (κ3) is 4.22. The van der Waals surface area contributed by atoms with E-state index in [0.717, 1.165) is 11.4 Å². The molecular weight excluding hydrogens is 219 g/mol. The normalized spacial score (nSPS) is 14.1. The summed E-state index contributed by atoms with van der Waals surface area (Å²) in [6.45, 7) is 3.77. The fourth-order valence-corrected chi connectivity index (χ4v) is 1.53. The minimum absolute atomic E-state index is 0.397. The summed E-state index contributed by atoms with van der Waals surface area (Å²) in [4.78, 5) is 0. The number of nitrogens with one attached hydrogen (secondary N) is 1. The number of aryl methyl sites for hydroxylation is 2. The molecule has 0 fully saturated rings. The van der Waals surface area contributed by atoms with Gasteiger partial charge in [0.25, 0.3) is 0 Å². The summed E-state index contributed by atoms with van der Waals surface area (Å²) in [5.41, 5.74) is 1.74. The summed E-state index contributed by atoms with van der Waals surface area (Å²) >= 11 is 0. The molecule has 0 spiro atoms. The topological polar surface area (TPSA) is 29.9 Å².